The van der Waals surface area contributed by atoms with Crippen LogP contribution in [-0.2, 0) is 13.6 Å². The smallest absolute Gasteiger partial charge is 0.260 e. The molecule has 8 heteroatoms. The summed E-state index contributed by atoms with van der Waals surface area (Å²) in [4.78, 5) is 17.1. The van der Waals surface area contributed by atoms with Crippen LogP contribution >= 0.6 is 0 Å². The van der Waals surface area contributed by atoms with Gasteiger partial charge in [-0.1, -0.05) is 17.3 Å². The molecule has 3 N–H and O–H groups in total. The van der Waals surface area contributed by atoms with Gasteiger partial charge in [-0.25, -0.2) is 9.37 Å². The van der Waals surface area contributed by atoms with Gasteiger partial charge in [0.1, 0.15) is 29.2 Å². The van der Waals surface area contributed by atoms with E-state index in [-0.39, 0.29) is 18.3 Å². The summed E-state index contributed by atoms with van der Waals surface area (Å²) in [5.74, 6) is -0.0174. The maximum Gasteiger partial charge on any atom is 0.260 e. The van der Waals surface area contributed by atoms with Gasteiger partial charge in [0.2, 0.25) is 0 Å². The molecule has 0 spiro atoms. The topological polar surface area (TPSA) is 99.0 Å². The van der Waals surface area contributed by atoms with Crippen LogP contribution in [0.4, 0.5) is 10.1 Å². The van der Waals surface area contributed by atoms with Crippen LogP contribution in [0, 0.1) is 12.7 Å². The zero-order valence-corrected chi connectivity index (χ0v) is 15.4. The maximum atomic E-state index is 13.5. The van der Waals surface area contributed by atoms with E-state index in [0.29, 0.717) is 28.3 Å². The van der Waals surface area contributed by atoms with Gasteiger partial charge < -0.3 is 20.1 Å². The fourth-order valence-corrected chi connectivity index (χ4v) is 3.11. The summed E-state index contributed by atoms with van der Waals surface area (Å²) in [6.07, 6.45) is 1.27. The Bertz CT molecular complexity index is 1190. The molecule has 0 saturated heterocycles. The van der Waals surface area contributed by atoms with E-state index in [1.807, 2.05) is 36.7 Å². The number of nitrogens with two attached hydrogens (primary N) is 1. The predicted octanol–water partition coefficient (Wildman–Crippen LogP) is 3.39. The van der Waals surface area contributed by atoms with Gasteiger partial charge in [0.25, 0.3) is 5.91 Å². The number of hydrogen-bond acceptors (Lipinski definition) is 5. The number of benzene rings is 2. The standard InChI is InChI=1S/C20H18FN5O2/c1-11-3-4-12(19-23-16-8-13(21)5-6-18(16)26(19)2)7-15(11)24-20(27)14-10-28-25-17(14)9-22/h3-8,10H,9,22H2,1-2H3,(H,24,27). The Morgan fingerprint density at radius 3 is 2.89 bits per heavy atom. The van der Waals surface area contributed by atoms with Gasteiger partial charge in [-0.15, -0.1) is 0 Å². The van der Waals surface area contributed by atoms with Gasteiger partial charge in [-0.2, -0.15) is 0 Å². The first-order valence-corrected chi connectivity index (χ1v) is 8.65. The Kier molecular flexibility index (Phi) is 4.40. The fraction of sp³-hybridized carbons (Fsp3) is 0.150. The molecule has 2 heterocycles. The highest BCUT2D eigenvalue weighted by Gasteiger charge is 2.17. The Balaban J connectivity index is 1.72. The van der Waals surface area contributed by atoms with Crippen molar-refractivity contribution in [3.63, 3.8) is 0 Å². The van der Waals surface area contributed by atoms with Crippen molar-refractivity contribution in [2.75, 3.05) is 5.32 Å². The van der Waals surface area contributed by atoms with Crippen LogP contribution in [0.25, 0.3) is 22.4 Å². The van der Waals surface area contributed by atoms with Crippen LogP contribution in [-0.4, -0.2) is 20.6 Å². The molecule has 1 amide bonds. The lowest BCUT2D eigenvalue weighted by Crippen LogP contribution is -2.15. The van der Waals surface area contributed by atoms with E-state index in [1.54, 1.807) is 6.07 Å². The summed E-state index contributed by atoms with van der Waals surface area (Å²) in [6, 6.07) is 10.1. The molecule has 0 aliphatic carbocycles. The molecule has 0 unspecified atom stereocenters. The third kappa shape index (κ3) is 3.03. The van der Waals surface area contributed by atoms with Crippen molar-refractivity contribution >= 4 is 22.6 Å². The van der Waals surface area contributed by atoms with E-state index < -0.39 is 0 Å². The Morgan fingerprint density at radius 2 is 2.11 bits per heavy atom. The molecule has 0 fully saturated rings. The molecule has 2 aromatic carbocycles. The van der Waals surface area contributed by atoms with Crippen molar-refractivity contribution in [2.24, 2.45) is 12.8 Å². The molecule has 7 nitrogen and oxygen atoms in total. The van der Waals surface area contributed by atoms with Crippen molar-refractivity contribution < 1.29 is 13.7 Å². The number of amides is 1. The molecule has 0 aliphatic heterocycles. The number of aryl methyl sites for hydroxylation is 2. The van der Waals surface area contributed by atoms with Crippen LogP contribution in [0.1, 0.15) is 21.6 Å². The van der Waals surface area contributed by atoms with E-state index in [2.05, 4.69) is 15.5 Å². The van der Waals surface area contributed by atoms with Crippen LogP contribution < -0.4 is 11.1 Å². The predicted molar refractivity (Wildman–Crippen MR) is 103 cm³/mol. The van der Waals surface area contributed by atoms with Gasteiger partial charge in [-0.3, -0.25) is 4.79 Å². The summed E-state index contributed by atoms with van der Waals surface area (Å²) in [5, 5.41) is 6.59. The highest BCUT2D eigenvalue weighted by atomic mass is 19.1. The first-order valence-electron chi connectivity index (χ1n) is 8.65. The monoisotopic (exact) mass is 379 g/mol. The van der Waals surface area contributed by atoms with Gasteiger partial charge in [0.15, 0.2) is 0 Å². The zero-order valence-electron chi connectivity index (χ0n) is 15.4. The van der Waals surface area contributed by atoms with Crippen molar-refractivity contribution in [2.45, 2.75) is 13.5 Å². The molecule has 0 bridgehead atoms. The number of halogens is 1. The lowest BCUT2D eigenvalue weighted by molar-refractivity contribution is 0.102. The maximum absolute atomic E-state index is 13.5. The van der Waals surface area contributed by atoms with Gasteiger partial charge in [0.05, 0.1) is 11.0 Å². The zero-order chi connectivity index (χ0) is 19.8. The normalized spacial score (nSPS) is 11.1. The van der Waals surface area contributed by atoms with E-state index in [4.69, 9.17) is 10.3 Å². The van der Waals surface area contributed by atoms with Crippen molar-refractivity contribution in [3.05, 3.63) is 65.3 Å². The summed E-state index contributed by atoms with van der Waals surface area (Å²) >= 11 is 0. The highest BCUT2D eigenvalue weighted by molar-refractivity contribution is 6.05. The molecule has 0 radical (unpaired) electrons. The molecule has 28 heavy (non-hydrogen) atoms. The van der Waals surface area contributed by atoms with Gasteiger partial charge in [-0.05, 0) is 30.7 Å². The molecule has 0 saturated carbocycles. The highest BCUT2D eigenvalue weighted by Crippen LogP contribution is 2.28. The summed E-state index contributed by atoms with van der Waals surface area (Å²) in [6.45, 7) is 2.00. The molecule has 4 rings (SSSR count). The number of carbonyl (C=O) groups is 1. The average Bonchev–Trinajstić information content (AvgIpc) is 3.28. The van der Waals surface area contributed by atoms with Crippen molar-refractivity contribution in [3.8, 4) is 11.4 Å². The molecule has 2 aromatic heterocycles. The summed E-state index contributed by atoms with van der Waals surface area (Å²) in [5.41, 5.74) is 9.97. The molecule has 4 aromatic rings. The number of nitrogens with zero attached hydrogens (tertiary/aromatic N) is 3. The van der Waals surface area contributed by atoms with Crippen LogP contribution in [0.2, 0.25) is 0 Å². The second kappa shape index (κ2) is 6.90. The molecule has 142 valence electrons. The first kappa shape index (κ1) is 17.9. The minimum absolute atomic E-state index is 0.106. The quantitative estimate of drug-likeness (QED) is 0.566. The SMILES string of the molecule is Cc1ccc(-c2nc3cc(F)ccc3n2C)cc1NC(=O)c1conc1CN. The Labute approximate surface area is 160 Å². The third-order valence-corrected chi connectivity index (χ3v) is 4.67. The second-order valence-corrected chi connectivity index (χ2v) is 6.49. The third-order valence-electron chi connectivity index (χ3n) is 4.67. The number of anilines is 1. The molecular weight excluding hydrogens is 361 g/mol. The largest absolute Gasteiger partial charge is 0.364 e. The number of fused-ring (bicyclic) bond motifs is 1. The Morgan fingerprint density at radius 1 is 1.29 bits per heavy atom. The van der Waals surface area contributed by atoms with E-state index in [9.17, 15) is 9.18 Å². The first-order chi connectivity index (χ1) is 13.5. The summed E-state index contributed by atoms with van der Waals surface area (Å²) < 4.78 is 20.2. The van der Waals surface area contributed by atoms with Crippen molar-refractivity contribution in [1.29, 1.82) is 0 Å². The number of rotatable bonds is 4. The molecule has 0 aliphatic rings. The van der Waals surface area contributed by atoms with E-state index in [0.717, 1.165) is 16.6 Å². The Hall–Kier alpha value is -3.52. The lowest BCUT2D eigenvalue weighted by atomic mass is 10.1. The number of imidazole rings is 1. The minimum atomic E-state index is -0.353. The number of carbonyl (C=O) groups excluding carboxylic acids is 1. The van der Waals surface area contributed by atoms with Gasteiger partial charge in [0, 0.05) is 30.9 Å². The number of aromatic nitrogens is 3. The second-order valence-electron chi connectivity index (χ2n) is 6.49. The fourth-order valence-electron chi connectivity index (χ4n) is 3.11. The number of hydrogen-bond donors (Lipinski definition) is 2. The van der Waals surface area contributed by atoms with E-state index >= 15 is 0 Å². The van der Waals surface area contributed by atoms with Crippen LogP contribution in [0.15, 0.2) is 47.2 Å². The van der Waals surface area contributed by atoms with Crippen LogP contribution in [0.5, 0.6) is 0 Å². The average molecular weight is 379 g/mol. The molecular formula is C20H18FN5O2. The minimum Gasteiger partial charge on any atom is -0.364 e. The van der Waals surface area contributed by atoms with Crippen LogP contribution in [0.3, 0.4) is 0 Å². The lowest BCUT2D eigenvalue weighted by Gasteiger charge is -2.10. The number of nitrogens with one attached hydrogen (secondary N) is 1. The molecule has 0 atom stereocenters. The van der Waals surface area contributed by atoms with E-state index in [1.165, 1.54) is 18.4 Å². The van der Waals surface area contributed by atoms with Gasteiger partial charge >= 0.3 is 0 Å². The van der Waals surface area contributed by atoms with Crippen molar-refractivity contribution in [1.82, 2.24) is 14.7 Å². The summed E-state index contributed by atoms with van der Waals surface area (Å²) in [7, 11) is 1.87.